The molecule has 2 nitrogen and oxygen atoms in total. The fraction of sp³-hybridized carbons (Fsp3) is 0.667. The Bertz CT molecular complexity index is 422. The van der Waals surface area contributed by atoms with Gasteiger partial charge in [-0.3, -0.25) is 4.90 Å². The third-order valence-electron chi connectivity index (χ3n) is 4.98. The van der Waals surface area contributed by atoms with Crippen molar-refractivity contribution in [1.29, 1.82) is 0 Å². The third-order valence-corrected chi connectivity index (χ3v) is 4.98. The molecule has 0 spiro atoms. The molecular weight excluding hydrogens is 246 g/mol. The minimum absolute atomic E-state index is 0.297. The summed E-state index contributed by atoms with van der Waals surface area (Å²) >= 11 is 0. The van der Waals surface area contributed by atoms with E-state index < -0.39 is 0 Å². The zero-order valence-electron chi connectivity index (χ0n) is 13.0. The van der Waals surface area contributed by atoms with Gasteiger partial charge in [-0.2, -0.15) is 0 Å². The number of likely N-dealkylation sites (tertiary alicyclic amines) is 1. The molecule has 2 aliphatic rings. The molecule has 1 aromatic carbocycles. The molecule has 0 N–H and O–H groups in total. The van der Waals surface area contributed by atoms with Crippen molar-refractivity contribution in [3.63, 3.8) is 0 Å². The molecule has 20 heavy (non-hydrogen) atoms. The number of piperidine rings is 1. The SMILES string of the molecule is CC(C)(C)N1C[C@H]2CC[C@@H](C1)C2OCc1ccccc1. The average molecular weight is 273 g/mol. The molecule has 1 unspecified atom stereocenters. The number of rotatable bonds is 3. The van der Waals surface area contributed by atoms with Gasteiger partial charge in [0.2, 0.25) is 0 Å². The highest BCUT2D eigenvalue weighted by Crippen LogP contribution is 2.41. The van der Waals surface area contributed by atoms with Crippen LogP contribution in [0.2, 0.25) is 0 Å². The zero-order valence-corrected chi connectivity index (χ0v) is 13.0. The fourth-order valence-corrected chi connectivity index (χ4v) is 3.76. The van der Waals surface area contributed by atoms with E-state index in [1.54, 1.807) is 0 Å². The lowest BCUT2D eigenvalue weighted by Crippen LogP contribution is -2.53. The lowest BCUT2D eigenvalue weighted by Gasteiger charge is -2.44. The summed E-state index contributed by atoms with van der Waals surface area (Å²) in [6.07, 6.45) is 3.17. The van der Waals surface area contributed by atoms with E-state index in [9.17, 15) is 0 Å². The highest BCUT2D eigenvalue weighted by Gasteiger charge is 2.44. The van der Waals surface area contributed by atoms with Crippen molar-refractivity contribution in [3.8, 4) is 0 Å². The Kier molecular flexibility index (Phi) is 3.87. The molecule has 1 aliphatic heterocycles. The minimum Gasteiger partial charge on any atom is -0.373 e. The number of hydrogen-bond acceptors (Lipinski definition) is 2. The van der Waals surface area contributed by atoms with E-state index in [2.05, 4.69) is 56.0 Å². The van der Waals surface area contributed by atoms with Crippen LogP contribution in [0.25, 0.3) is 0 Å². The Morgan fingerprint density at radius 2 is 1.65 bits per heavy atom. The van der Waals surface area contributed by atoms with Gasteiger partial charge < -0.3 is 4.74 Å². The predicted octanol–water partition coefficient (Wildman–Crippen LogP) is 3.71. The van der Waals surface area contributed by atoms with E-state index in [0.29, 0.717) is 11.6 Å². The van der Waals surface area contributed by atoms with Crippen LogP contribution in [0, 0.1) is 11.8 Å². The van der Waals surface area contributed by atoms with E-state index in [-0.39, 0.29) is 0 Å². The van der Waals surface area contributed by atoms with Gasteiger partial charge in [0.05, 0.1) is 12.7 Å². The monoisotopic (exact) mass is 273 g/mol. The van der Waals surface area contributed by atoms with Gasteiger partial charge in [-0.1, -0.05) is 30.3 Å². The molecule has 1 aromatic rings. The predicted molar refractivity (Wildman–Crippen MR) is 82.6 cm³/mol. The molecule has 1 saturated heterocycles. The molecule has 2 bridgehead atoms. The summed E-state index contributed by atoms with van der Waals surface area (Å²) < 4.78 is 6.29. The summed E-state index contributed by atoms with van der Waals surface area (Å²) in [6.45, 7) is 10.2. The van der Waals surface area contributed by atoms with Gasteiger partial charge in [0, 0.05) is 18.6 Å². The lowest BCUT2D eigenvalue weighted by molar-refractivity contribution is -0.0681. The molecule has 110 valence electrons. The van der Waals surface area contributed by atoms with Crippen LogP contribution in [0.3, 0.4) is 0 Å². The molecule has 0 aromatic heterocycles. The quantitative estimate of drug-likeness (QED) is 0.832. The number of hydrogen-bond donors (Lipinski definition) is 0. The number of nitrogens with zero attached hydrogens (tertiary/aromatic N) is 1. The lowest BCUT2D eigenvalue weighted by atomic mass is 9.91. The molecule has 0 radical (unpaired) electrons. The van der Waals surface area contributed by atoms with Gasteiger partial charge in [0.25, 0.3) is 0 Å². The molecule has 1 heterocycles. The van der Waals surface area contributed by atoms with Crippen molar-refractivity contribution in [2.24, 2.45) is 11.8 Å². The molecule has 3 atom stereocenters. The van der Waals surface area contributed by atoms with Crippen LogP contribution in [0.1, 0.15) is 39.2 Å². The summed E-state index contributed by atoms with van der Waals surface area (Å²) in [6, 6.07) is 10.6. The Balaban J connectivity index is 1.60. The molecule has 2 heteroatoms. The van der Waals surface area contributed by atoms with Gasteiger partial charge in [0.15, 0.2) is 0 Å². The maximum atomic E-state index is 6.29. The van der Waals surface area contributed by atoms with Gasteiger partial charge >= 0.3 is 0 Å². The largest absolute Gasteiger partial charge is 0.373 e. The highest BCUT2D eigenvalue weighted by atomic mass is 16.5. The smallest absolute Gasteiger partial charge is 0.0720 e. The molecule has 2 fully saturated rings. The second kappa shape index (κ2) is 5.50. The fourth-order valence-electron chi connectivity index (χ4n) is 3.76. The van der Waals surface area contributed by atoms with Crippen molar-refractivity contribution in [2.75, 3.05) is 13.1 Å². The van der Waals surface area contributed by atoms with Crippen LogP contribution in [-0.2, 0) is 11.3 Å². The van der Waals surface area contributed by atoms with E-state index in [1.807, 2.05) is 0 Å². The molecule has 0 amide bonds. The van der Waals surface area contributed by atoms with E-state index in [4.69, 9.17) is 4.74 Å². The van der Waals surface area contributed by atoms with Gasteiger partial charge in [0.1, 0.15) is 0 Å². The van der Waals surface area contributed by atoms with E-state index in [1.165, 1.54) is 31.5 Å². The van der Waals surface area contributed by atoms with Crippen LogP contribution in [0.15, 0.2) is 30.3 Å². The van der Waals surface area contributed by atoms with Crippen molar-refractivity contribution >= 4 is 0 Å². The van der Waals surface area contributed by atoms with Crippen molar-refractivity contribution in [3.05, 3.63) is 35.9 Å². The third kappa shape index (κ3) is 2.91. The molecule has 1 aliphatic carbocycles. The Morgan fingerprint density at radius 3 is 2.20 bits per heavy atom. The van der Waals surface area contributed by atoms with Crippen LogP contribution in [0.4, 0.5) is 0 Å². The first-order valence-electron chi connectivity index (χ1n) is 7.94. The average Bonchev–Trinajstić information content (AvgIpc) is 2.65. The topological polar surface area (TPSA) is 12.5 Å². The van der Waals surface area contributed by atoms with Crippen LogP contribution in [-0.4, -0.2) is 29.6 Å². The summed E-state index contributed by atoms with van der Waals surface area (Å²) in [7, 11) is 0. The minimum atomic E-state index is 0.297. The number of fused-ring (bicyclic) bond motifs is 2. The zero-order chi connectivity index (χ0) is 14.2. The Labute approximate surface area is 123 Å². The Hall–Kier alpha value is -0.860. The maximum Gasteiger partial charge on any atom is 0.0720 e. The second-order valence-corrected chi connectivity index (χ2v) is 7.43. The first kappa shape index (κ1) is 14.1. The summed E-state index contributed by atoms with van der Waals surface area (Å²) in [5.74, 6) is 1.47. The van der Waals surface area contributed by atoms with Gasteiger partial charge in [-0.25, -0.2) is 0 Å². The molecule has 3 rings (SSSR count). The van der Waals surface area contributed by atoms with Crippen LogP contribution >= 0.6 is 0 Å². The van der Waals surface area contributed by atoms with Gasteiger partial charge in [-0.05, 0) is 51.0 Å². The first-order chi connectivity index (χ1) is 9.54. The summed E-state index contributed by atoms with van der Waals surface area (Å²) in [4.78, 5) is 2.65. The number of ether oxygens (including phenoxy) is 1. The van der Waals surface area contributed by atoms with Gasteiger partial charge in [-0.15, -0.1) is 0 Å². The van der Waals surface area contributed by atoms with Crippen molar-refractivity contribution in [1.82, 2.24) is 4.90 Å². The second-order valence-electron chi connectivity index (χ2n) is 7.43. The molecule has 1 saturated carbocycles. The van der Waals surface area contributed by atoms with E-state index >= 15 is 0 Å². The summed E-state index contributed by atoms with van der Waals surface area (Å²) in [5, 5.41) is 0. The van der Waals surface area contributed by atoms with Crippen LogP contribution < -0.4 is 0 Å². The molecular formula is C18H27NO. The first-order valence-corrected chi connectivity index (χ1v) is 7.94. The maximum absolute atomic E-state index is 6.29. The highest BCUT2D eigenvalue weighted by molar-refractivity contribution is 5.13. The van der Waals surface area contributed by atoms with Crippen molar-refractivity contribution < 1.29 is 4.74 Å². The van der Waals surface area contributed by atoms with Crippen LogP contribution in [0.5, 0.6) is 0 Å². The Morgan fingerprint density at radius 1 is 1.05 bits per heavy atom. The standard InChI is InChI=1S/C18H27NO/c1-18(2,3)19-11-15-9-10-16(12-19)17(15)20-13-14-7-5-4-6-8-14/h4-8,15-17H,9-13H2,1-3H3/t15-,16+,17?. The van der Waals surface area contributed by atoms with Crippen molar-refractivity contribution in [2.45, 2.75) is 51.9 Å². The summed E-state index contributed by atoms with van der Waals surface area (Å²) in [5.41, 5.74) is 1.59. The number of benzene rings is 1. The van der Waals surface area contributed by atoms with E-state index in [0.717, 1.165) is 18.4 Å². The normalized spacial score (nSPS) is 30.6.